The van der Waals surface area contributed by atoms with E-state index in [1.54, 1.807) is 23.5 Å². The van der Waals surface area contributed by atoms with Gasteiger partial charge in [0.2, 0.25) is 0 Å². The van der Waals surface area contributed by atoms with E-state index in [0.29, 0.717) is 24.5 Å². The van der Waals surface area contributed by atoms with E-state index in [1.807, 2.05) is 6.07 Å². The molecule has 0 amide bonds. The Kier molecular flexibility index (Phi) is 5.91. The smallest absolute Gasteiger partial charge is 0.132 e. The molecule has 21 heavy (non-hydrogen) atoms. The van der Waals surface area contributed by atoms with Gasteiger partial charge < -0.3 is 10.1 Å². The summed E-state index contributed by atoms with van der Waals surface area (Å²) in [5, 5.41) is 4.13. The van der Waals surface area contributed by atoms with Gasteiger partial charge >= 0.3 is 0 Å². The Balaban J connectivity index is 2.26. The molecule has 4 heteroatoms. The van der Waals surface area contributed by atoms with E-state index < -0.39 is 0 Å². The number of hydrogen-bond acceptors (Lipinski definition) is 3. The number of fused-ring (bicyclic) bond motifs is 1. The summed E-state index contributed by atoms with van der Waals surface area (Å²) in [6.45, 7) is 10.6. The maximum Gasteiger partial charge on any atom is 0.132 e. The summed E-state index contributed by atoms with van der Waals surface area (Å²) >= 11 is 1.64. The Bertz CT molecular complexity index is 606. The number of ether oxygens (including phenoxy) is 1. The summed E-state index contributed by atoms with van der Waals surface area (Å²) in [6, 6.07) is 5.23. The first-order valence-corrected chi connectivity index (χ1v) is 8.03. The molecule has 0 spiro atoms. The number of halogens is 1. The normalized spacial score (nSPS) is 11.4. The van der Waals surface area contributed by atoms with Gasteiger partial charge in [-0.2, -0.15) is 0 Å². The molecular weight excluding hydrogens is 285 g/mol. The van der Waals surface area contributed by atoms with Gasteiger partial charge in [-0.25, -0.2) is 4.39 Å². The predicted octanol–water partition coefficient (Wildman–Crippen LogP) is 4.49. The summed E-state index contributed by atoms with van der Waals surface area (Å²) in [5.41, 5.74) is 0.964. The van der Waals surface area contributed by atoms with Gasteiger partial charge in [-0.3, -0.25) is 0 Å². The molecule has 2 nitrogen and oxygen atoms in total. The fourth-order valence-electron chi connectivity index (χ4n) is 2.23. The maximum absolute atomic E-state index is 14.1. The number of nitrogens with one attached hydrogen (secondary N) is 1. The van der Waals surface area contributed by atoms with Crippen molar-refractivity contribution in [2.75, 3.05) is 13.2 Å². The molecule has 0 saturated carbocycles. The van der Waals surface area contributed by atoms with Gasteiger partial charge in [0.25, 0.3) is 0 Å². The molecule has 0 atom stereocenters. The standard InChI is InChI=1S/C17H22FNOS/c1-4-8-20-11-13-16(10-19-9-12(2)3)21-15-7-5-6-14(18)17(13)15/h4-7,12,19H,1,8-11H2,2-3H3. The van der Waals surface area contributed by atoms with E-state index in [4.69, 9.17) is 4.74 Å². The van der Waals surface area contributed by atoms with Gasteiger partial charge in [-0.1, -0.05) is 26.0 Å². The van der Waals surface area contributed by atoms with E-state index in [2.05, 4.69) is 25.7 Å². The van der Waals surface area contributed by atoms with E-state index in [1.165, 1.54) is 6.07 Å². The van der Waals surface area contributed by atoms with Gasteiger partial charge in [-0.15, -0.1) is 17.9 Å². The first-order valence-electron chi connectivity index (χ1n) is 7.21. The fraction of sp³-hybridized carbons (Fsp3) is 0.412. The Labute approximate surface area is 129 Å². The average Bonchev–Trinajstić information content (AvgIpc) is 2.78. The molecule has 2 aromatic rings. The quantitative estimate of drug-likeness (QED) is 0.573. The molecule has 0 aliphatic heterocycles. The Morgan fingerprint density at radius 1 is 1.43 bits per heavy atom. The third-order valence-electron chi connectivity index (χ3n) is 3.17. The molecule has 114 valence electrons. The zero-order chi connectivity index (χ0) is 15.2. The molecule has 0 aliphatic rings. The second-order valence-electron chi connectivity index (χ2n) is 5.45. The second kappa shape index (κ2) is 7.69. The number of rotatable bonds is 8. The minimum atomic E-state index is -0.170. The maximum atomic E-state index is 14.1. The predicted molar refractivity (Wildman–Crippen MR) is 88.2 cm³/mol. The van der Waals surface area contributed by atoms with Crippen molar-refractivity contribution in [3.8, 4) is 0 Å². The Morgan fingerprint density at radius 2 is 2.24 bits per heavy atom. The lowest BCUT2D eigenvalue weighted by atomic mass is 10.1. The van der Waals surface area contributed by atoms with Crippen molar-refractivity contribution in [1.29, 1.82) is 0 Å². The topological polar surface area (TPSA) is 21.3 Å². The summed E-state index contributed by atoms with van der Waals surface area (Å²) < 4.78 is 20.7. The van der Waals surface area contributed by atoms with Crippen molar-refractivity contribution >= 4 is 21.4 Å². The SMILES string of the molecule is C=CCOCc1c(CNCC(C)C)sc2cccc(F)c12. The highest BCUT2D eigenvalue weighted by molar-refractivity contribution is 7.19. The molecule has 1 heterocycles. The first kappa shape index (κ1) is 16.1. The van der Waals surface area contributed by atoms with Crippen molar-refractivity contribution in [3.05, 3.63) is 47.1 Å². The van der Waals surface area contributed by atoms with Crippen LogP contribution < -0.4 is 5.32 Å². The number of benzene rings is 1. The number of hydrogen-bond donors (Lipinski definition) is 1. The van der Waals surface area contributed by atoms with Crippen LogP contribution in [0.1, 0.15) is 24.3 Å². The molecular formula is C17H22FNOS. The van der Waals surface area contributed by atoms with Crippen LogP contribution in [-0.4, -0.2) is 13.2 Å². The zero-order valence-electron chi connectivity index (χ0n) is 12.6. The molecule has 1 aromatic carbocycles. The van der Waals surface area contributed by atoms with E-state index in [-0.39, 0.29) is 5.82 Å². The van der Waals surface area contributed by atoms with Crippen LogP contribution in [0.2, 0.25) is 0 Å². The minimum Gasteiger partial charge on any atom is -0.373 e. The van der Waals surface area contributed by atoms with Gasteiger partial charge in [0.05, 0.1) is 13.2 Å². The summed E-state index contributed by atoms with van der Waals surface area (Å²) in [5.74, 6) is 0.424. The molecule has 0 saturated heterocycles. The highest BCUT2D eigenvalue weighted by Gasteiger charge is 2.15. The molecule has 0 fully saturated rings. The van der Waals surface area contributed by atoms with Crippen LogP contribution in [0, 0.1) is 11.7 Å². The molecule has 0 aliphatic carbocycles. The first-order chi connectivity index (χ1) is 10.1. The van der Waals surface area contributed by atoms with Crippen molar-refractivity contribution in [1.82, 2.24) is 5.32 Å². The lowest BCUT2D eigenvalue weighted by Crippen LogP contribution is -2.19. The lowest BCUT2D eigenvalue weighted by Gasteiger charge is -2.09. The van der Waals surface area contributed by atoms with Gasteiger partial charge in [0.15, 0.2) is 0 Å². The highest BCUT2D eigenvalue weighted by atomic mass is 32.1. The zero-order valence-corrected chi connectivity index (χ0v) is 13.4. The molecule has 1 N–H and O–H groups in total. The van der Waals surface area contributed by atoms with Crippen LogP contribution in [0.15, 0.2) is 30.9 Å². The van der Waals surface area contributed by atoms with E-state index >= 15 is 0 Å². The largest absolute Gasteiger partial charge is 0.373 e. The van der Waals surface area contributed by atoms with Crippen molar-refractivity contribution in [2.45, 2.75) is 27.0 Å². The van der Waals surface area contributed by atoms with Crippen molar-refractivity contribution in [2.24, 2.45) is 5.92 Å². The van der Waals surface area contributed by atoms with Gasteiger partial charge in [0, 0.05) is 27.1 Å². The Morgan fingerprint density at radius 3 is 2.95 bits per heavy atom. The average molecular weight is 307 g/mol. The van der Waals surface area contributed by atoms with Crippen molar-refractivity contribution < 1.29 is 9.13 Å². The van der Waals surface area contributed by atoms with Gasteiger partial charge in [0.1, 0.15) is 5.82 Å². The second-order valence-corrected chi connectivity index (χ2v) is 6.58. The van der Waals surface area contributed by atoms with Crippen LogP contribution in [0.5, 0.6) is 0 Å². The van der Waals surface area contributed by atoms with Crippen LogP contribution in [0.3, 0.4) is 0 Å². The molecule has 0 radical (unpaired) electrons. The van der Waals surface area contributed by atoms with Crippen LogP contribution in [0.25, 0.3) is 10.1 Å². The highest BCUT2D eigenvalue weighted by Crippen LogP contribution is 2.33. The summed E-state index contributed by atoms with van der Waals surface area (Å²) in [6.07, 6.45) is 1.71. The molecule has 0 bridgehead atoms. The molecule has 2 rings (SSSR count). The van der Waals surface area contributed by atoms with Crippen LogP contribution in [0.4, 0.5) is 4.39 Å². The third kappa shape index (κ3) is 4.13. The van der Waals surface area contributed by atoms with E-state index in [0.717, 1.165) is 28.2 Å². The lowest BCUT2D eigenvalue weighted by molar-refractivity contribution is 0.149. The van der Waals surface area contributed by atoms with Crippen LogP contribution >= 0.6 is 11.3 Å². The van der Waals surface area contributed by atoms with E-state index in [9.17, 15) is 4.39 Å². The molecule has 0 unspecified atom stereocenters. The monoisotopic (exact) mass is 307 g/mol. The van der Waals surface area contributed by atoms with Crippen LogP contribution in [-0.2, 0) is 17.9 Å². The van der Waals surface area contributed by atoms with Crippen molar-refractivity contribution in [3.63, 3.8) is 0 Å². The minimum absolute atomic E-state index is 0.170. The summed E-state index contributed by atoms with van der Waals surface area (Å²) in [4.78, 5) is 1.15. The fourth-order valence-corrected chi connectivity index (χ4v) is 3.42. The number of thiophene rings is 1. The van der Waals surface area contributed by atoms with Gasteiger partial charge in [-0.05, 0) is 24.6 Å². The third-order valence-corrected chi connectivity index (χ3v) is 4.36. The summed E-state index contributed by atoms with van der Waals surface area (Å²) in [7, 11) is 0. The Hall–Kier alpha value is -1.23. The molecule has 1 aromatic heterocycles.